The van der Waals surface area contributed by atoms with Crippen molar-refractivity contribution in [1.82, 2.24) is 5.43 Å². The molecule has 2 aromatic carbocycles. The molecule has 2 aromatic rings. The van der Waals surface area contributed by atoms with Gasteiger partial charge >= 0.3 is 0 Å². The fourth-order valence-corrected chi connectivity index (χ4v) is 2.54. The number of rotatable bonds is 5. The van der Waals surface area contributed by atoms with Crippen LogP contribution in [0.2, 0.25) is 0 Å². The molecule has 0 saturated heterocycles. The zero-order valence-corrected chi connectivity index (χ0v) is 12.6. The molecule has 0 heterocycles. The van der Waals surface area contributed by atoms with Crippen molar-refractivity contribution >= 4 is 0 Å². The zero-order chi connectivity index (χ0) is 15.4. The third kappa shape index (κ3) is 3.40. The molecule has 0 spiro atoms. The molecule has 0 radical (unpaired) electrons. The van der Waals surface area contributed by atoms with Crippen molar-refractivity contribution in [3.8, 4) is 5.75 Å². The number of halogens is 1. The molecule has 1 atom stereocenters. The predicted octanol–water partition coefficient (Wildman–Crippen LogP) is 3.20. The highest BCUT2D eigenvalue weighted by Crippen LogP contribution is 2.26. The van der Waals surface area contributed by atoms with Crippen molar-refractivity contribution in [2.45, 2.75) is 26.3 Å². The number of aryl methyl sites for hydroxylation is 2. The van der Waals surface area contributed by atoms with Crippen LogP contribution in [0.4, 0.5) is 4.39 Å². The van der Waals surface area contributed by atoms with Crippen molar-refractivity contribution in [1.29, 1.82) is 0 Å². The predicted molar refractivity (Wildman–Crippen MR) is 82.6 cm³/mol. The lowest BCUT2D eigenvalue weighted by atomic mass is 9.93. The highest BCUT2D eigenvalue weighted by Gasteiger charge is 2.15. The standard InChI is InChI=1S/C17H21FN2O/c1-11-5-4-6-12(2)14(11)10-16(20-19)13-7-8-15(18)17(9-13)21-3/h4-9,16,20H,10,19H2,1-3H3. The molecule has 0 aliphatic carbocycles. The second-order valence-corrected chi connectivity index (χ2v) is 5.19. The van der Waals surface area contributed by atoms with E-state index >= 15 is 0 Å². The third-order valence-corrected chi connectivity index (χ3v) is 3.83. The van der Waals surface area contributed by atoms with Crippen LogP contribution in [-0.2, 0) is 6.42 Å². The van der Waals surface area contributed by atoms with Gasteiger partial charge in [0.15, 0.2) is 11.6 Å². The molecule has 0 amide bonds. The van der Waals surface area contributed by atoms with Crippen LogP contribution in [0.25, 0.3) is 0 Å². The molecule has 0 aliphatic heterocycles. The lowest BCUT2D eigenvalue weighted by Gasteiger charge is -2.20. The van der Waals surface area contributed by atoms with E-state index in [0.29, 0.717) is 0 Å². The summed E-state index contributed by atoms with van der Waals surface area (Å²) >= 11 is 0. The summed E-state index contributed by atoms with van der Waals surface area (Å²) in [5.41, 5.74) is 7.42. The van der Waals surface area contributed by atoms with E-state index in [4.69, 9.17) is 10.6 Å². The second kappa shape index (κ2) is 6.70. The molecular formula is C17H21FN2O. The minimum absolute atomic E-state index is 0.0979. The average molecular weight is 288 g/mol. The second-order valence-electron chi connectivity index (χ2n) is 5.19. The van der Waals surface area contributed by atoms with E-state index in [1.165, 1.54) is 29.9 Å². The van der Waals surface area contributed by atoms with Gasteiger partial charge in [-0.05, 0) is 54.7 Å². The molecule has 0 bridgehead atoms. The van der Waals surface area contributed by atoms with Crippen molar-refractivity contribution in [3.05, 3.63) is 64.5 Å². The van der Waals surface area contributed by atoms with Gasteiger partial charge < -0.3 is 4.74 Å². The summed E-state index contributed by atoms with van der Waals surface area (Å²) in [6, 6.07) is 10.9. The van der Waals surface area contributed by atoms with Crippen molar-refractivity contribution in [2.75, 3.05) is 7.11 Å². The van der Waals surface area contributed by atoms with E-state index < -0.39 is 0 Å². The molecule has 0 saturated carbocycles. The molecular weight excluding hydrogens is 267 g/mol. The average Bonchev–Trinajstić information content (AvgIpc) is 2.48. The Morgan fingerprint density at radius 1 is 1.19 bits per heavy atom. The third-order valence-electron chi connectivity index (χ3n) is 3.83. The Morgan fingerprint density at radius 2 is 1.86 bits per heavy atom. The molecule has 1 unspecified atom stereocenters. The summed E-state index contributed by atoms with van der Waals surface area (Å²) in [5.74, 6) is 5.56. The van der Waals surface area contributed by atoms with Gasteiger partial charge in [-0.15, -0.1) is 0 Å². The maximum atomic E-state index is 13.5. The van der Waals surface area contributed by atoms with Crippen molar-refractivity contribution < 1.29 is 9.13 Å². The number of nitrogens with one attached hydrogen (secondary N) is 1. The molecule has 3 nitrogen and oxygen atoms in total. The van der Waals surface area contributed by atoms with Crippen LogP contribution >= 0.6 is 0 Å². The van der Waals surface area contributed by atoms with Gasteiger partial charge in [0.05, 0.1) is 13.2 Å². The smallest absolute Gasteiger partial charge is 0.165 e. The first kappa shape index (κ1) is 15.5. The lowest BCUT2D eigenvalue weighted by Crippen LogP contribution is -2.30. The quantitative estimate of drug-likeness (QED) is 0.656. The number of ether oxygens (including phenoxy) is 1. The Bertz CT molecular complexity index is 608. The fourth-order valence-electron chi connectivity index (χ4n) is 2.54. The largest absolute Gasteiger partial charge is 0.494 e. The zero-order valence-electron chi connectivity index (χ0n) is 12.6. The highest BCUT2D eigenvalue weighted by atomic mass is 19.1. The van der Waals surface area contributed by atoms with Gasteiger partial charge in [-0.25, -0.2) is 4.39 Å². The summed E-state index contributed by atoms with van der Waals surface area (Å²) in [6.07, 6.45) is 0.740. The first-order valence-electron chi connectivity index (χ1n) is 6.91. The molecule has 0 aliphatic rings. The number of hydrogen-bond acceptors (Lipinski definition) is 3. The van der Waals surface area contributed by atoms with Crippen LogP contribution in [0.5, 0.6) is 5.75 Å². The normalized spacial score (nSPS) is 12.2. The topological polar surface area (TPSA) is 47.3 Å². The van der Waals surface area contributed by atoms with E-state index in [-0.39, 0.29) is 17.6 Å². The molecule has 0 aromatic heterocycles. The van der Waals surface area contributed by atoms with Gasteiger partial charge in [-0.2, -0.15) is 0 Å². The summed E-state index contributed by atoms with van der Waals surface area (Å²) in [7, 11) is 1.46. The Kier molecular flexibility index (Phi) is 4.94. The van der Waals surface area contributed by atoms with E-state index in [1.807, 2.05) is 6.07 Å². The Balaban J connectivity index is 2.32. The van der Waals surface area contributed by atoms with Gasteiger partial charge in [-0.3, -0.25) is 11.3 Å². The Labute approximate surface area is 124 Å². The fraction of sp³-hybridized carbons (Fsp3) is 0.294. The van der Waals surface area contributed by atoms with E-state index in [1.54, 1.807) is 12.1 Å². The lowest BCUT2D eigenvalue weighted by molar-refractivity contribution is 0.384. The molecule has 2 rings (SSSR count). The van der Waals surface area contributed by atoms with Crippen molar-refractivity contribution in [3.63, 3.8) is 0 Å². The van der Waals surface area contributed by atoms with Gasteiger partial charge in [0.1, 0.15) is 0 Å². The Hall–Kier alpha value is -1.91. The van der Waals surface area contributed by atoms with Crippen LogP contribution < -0.4 is 16.0 Å². The summed E-state index contributed by atoms with van der Waals surface area (Å²) in [5, 5.41) is 0. The first-order valence-corrected chi connectivity index (χ1v) is 6.91. The van der Waals surface area contributed by atoms with Crippen LogP contribution in [0, 0.1) is 19.7 Å². The number of methoxy groups -OCH3 is 1. The summed E-state index contributed by atoms with van der Waals surface area (Å²) < 4.78 is 18.6. The monoisotopic (exact) mass is 288 g/mol. The van der Waals surface area contributed by atoms with Crippen LogP contribution in [0.15, 0.2) is 36.4 Å². The maximum Gasteiger partial charge on any atom is 0.165 e. The number of hydrazine groups is 1. The number of benzene rings is 2. The van der Waals surface area contributed by atoms with Crippen LogP contribution in [-0.4, -0.2) is 7.11 Å². The summed E-state index contributed by atoms with van der Waals surface area (Å²) in [4.78, 5) is 0. The van der Waals surface area contributed by atoms with Crippen molar-refractivity contribution in [2.24, 2.45) is 5.84 Å². The van der Waals surface area contributed by atoms with Gasteiger partial charge in [0.25, 0.3) is 0 Å². The SMILES string of the molecule is COc1cc(C(Cc2c(C)cccc2C)NN)ccc1F. The molecule has 112 valence electrons. The maximum absolute atomic E-state index is 13.5. The molecule has 4 heteroatoms. The van der Waals surface area contributed by atoms with Gasteiger partial charge in [0, 0.05) is 0 Å². The van der Waals surface area contributed by atoms with Gasteiger partial charge in [-0.1, -0.05) is 24.3 Å². The highest BCUT2D eigenvalue weighted by molar-refractivity contribution is 5.37. The molecule has 0 fully saturated rings. The minimum Gasteiger partial charge on any atom is -0.494 e. The van der Waals surface area contributed by atoms with Crippen LogP contribution in [0.3, 0.4) is 0 Å². The minimum atomic E-state index is -0.371. The number of nitrogens with two attached hydrogens (primary N) is 1. The first-order chi connectivity index (χ1) is 10.1. The van der Waals surface area contributed by atoms with E-state index in [0.717, 1.165) is 12.0 Å². The van der Waals surface area contributed by atoms with E-state index in [9.17, 15) is 4.39 Å². The van der Waals surface area contributed by atoms with E-state index in [2.05, 4.69) is 31.4 Å². The number of hydrogen-bond donors (Lipinski definition) is 2. The van der Waals surface area contributed by atoms with Gasteiger partial charge in [0.2, 0.25) is 0 Å². The van der Waals surface area contributed by atoms with Crippen LogP contribution in [0.1, 0.15) is 28.3 Å². The molecule has 3 N–H and O–H groups in total. The summed E-state index contributed by atoms with van der Waals surface area (Å²) in [6.45, 7) is 4.17. The molecule has 21 heavy (non-hydrogen) atoms. The Morgan fingerprint density at radius 3 is 2.43 bits per heavy atom.